The first-order valence-corrected chi connectivity index (χ1v) is 9.96. The van der Waals surface area contributed by atoms with Gasteiger partial charge in [-0.2, -0.15) is 0 Å². The second kappa shape index (κ2) is 8.02. The number of anilines is 2. The van der Waals surface area contributed by atoms with Gasteiger partial charge < -0.3 is 15.0 Å². The van der Waals surface area contributed by atoms with Crippen molar-refractivity contribution in [2.24, 2.45) is 0 Å². The molecule has 0 saturated carbocycles. The highest BCUT2D eigenvalue weighted by Crippen LogP contribution is 2.32. The van der Waals surface area contributed by atoms with E-state index in [0.717, 1.165) is 65.5 Å². The SMILES string of the molecule is CCNc1nc(C)c(-c2ccnc(-c3[c]ccc(N4CCOCC4)c3)n2)s1. The Morgan fingerprint density at radius 3 is 2.93 bits per heavy atom. The van der Waals surface area contributed by atoms with E-state index in [0.29, 0.717) is 5.82 Å². The minimum atomic E-state index is 0.681. The van der Waals surface area contributed by atoms with Gasteiger partial charge in [-0.05, 0) is 38.1 Å². The molecule has 1 fully saturated rings. The van der Waals surface area contributed by atoms with E-state index in [-0.39, 0.29) is 0 Å². The van der Waals surface area contributed by atoms with Crippen LogP contribution in [0.15, 0.2) is 30.5 Å². The van der Waals surface area contributed by atoms with E-state index in [1.807, 2.05) is 19.1 Å². The molecule has 0 atom stereocenters. The van der Waals surface area contributed by atoms with Gasteiger partial charge >= 0.3 is 0 Å². The van der Waals surface area contributed by atoms with Crippen LogP contribution in [0.2, 0.25) is 0 Å². The van der Waals surface area contributed by atoms with Crippen molar-refractivity contribution in [1.82, 2.24) is 15.0 Å². The Morgan fingerprint density at radius 2 is 2.11 bits per heavy atom. The lowest BCUT2D eigenvalue weighted by Crippen LogP contribution is -2.36. The Balaban J connectivity index is 1.65. The van der Waals surface area contributed by atoms with Gasteiger partial charge in [0.15, 0.2) is 11.0 Å². The molecule has 6 nitrogen and oxygen atoms in total. The fourth-order valence-electron chi connectivity index (χ4n) is 3.08. The number of hydrogen-bond donors (Lipinski definition) is 1. The van der Waals surface area contributed by atoms with E-state index in [1.54, 1.807) is 17.5 Å². The van der Waals surface area contributed by atoms with Gasteiger partial charge in [-0.3, -0.25) is 0 Å². The molecule has 0 spiro atoms. The number of morpholine rings is 1. The highest BCUT2D eigenvalue weighted by atomic mass is 32.1. The number of rotatable bonds is 5. The number of ether oxygens (including phenoxy) is 1. The topological polar surface area (TPSA) is 63.2 Å². The summed E-state index contributed by atoms with van der Waals surface area (Å²) in [5, 5.41) is 4.19. The lowest BCUT2D eigenvalue weighted by atomic mass is 10.1. The molecule has 0 unspecified atom stereocenters. The van der Waals surface area contributed by atoms with E-state index >= 15 is 0 Å². The fraction of sp³-hybridized carbons (Fsp3) is 0.350. The first-order valence-electron chi connectivity index (χ1n) is 9.14. The predicted molar refractivity (Wildman–Crippen MR) is 109 cm³/mol. The predicted octanol–water partition coefficient (Wildman–Crippen LogP) is 3.64. The molecule has 1 radical (unpaired) electrons. The van der Waals surface area contributed by atoms with E-state index in [9.17, 15) is 0 Å². The molecule has 1 N–H and O–H groups in total. The van der Waals surface area contributed by atoms with Crippen molar-refractivity contribution >= 4 is 22.2 Å². The number of aryl methyl sites for hydroxylation is 1. The fourth-order valence-corrected chi connectivity index (χ4v) is 4.08. The summed E-state index contributed by atoms with van der Waals surface area (Å²) >= 11 is 1.62. The van der Waals surface area contributed by atoms with Crippen LogP contribution in [0.4, 0.5) is 10.8 Å². The molecule has 4 rings (SSSR count). The third-order valence-electron chi connectivity index (χ3n) is 4.42. The normalized spacial score (nSPS) is 14.4. The molecular weight excluding hydrogens is 358 g/mol. The van der Waals surface area contributed by atoms with Crippen LogP contribution in [0.3, 0.4) is 0 Å². The van der Waals surface area contributed by atoms with Crippen molar-refractivity contribution < 1.29 is 4.74 Å². The Hall–Kier alpha value is -2.51. The highest BCUT2D eigenvalue weighted by molar-refractivity contribution is 7.19. The van der Waals surface area contributed by atoms with Crippen molar-refractivity contribution in [1.29, 1.82) is 0 Å². The molecule has 1 aliphatic heterocycles. The van der Waals surface area contributed by atoms with Gasteiger partial charge in [0.2, 0.25) is 0 Å². The van der Waals surface area contributed by atoms with Crippen LogP contribution >= 0.6 is 11.3 Å². The summed E-state index contributed by atoms with van der Waals surface area (Å²) in [6.45, 7) is 8.26. The minimum absolute atomic E-state index is 0.681. The third-order valence-corrected chi connectivity index (χ3v) is 5.55. The maximum Gasteiger partial charge on any atom is 0.183 e. The Labute approximate surface area is 163 Å². The van der Waals surface area contributed by atoms with E-state index in [2.05, 4.69) is 45.3 Å². The molecule has 7 heteroatoms. The van der Waals surface area contributed by atoms with Crippen molar-refractivity contribution in [2.75, 3.05) is 43.1 Å². The standard InChI is InChI=1S/C20H22N5OS/c1-3-21-20-23-14(2)18(27-20)17-7-8-22-19(24-17)15-5-4-6-16(13-15)25-9-11-26-12-10-25/h4,6-8,13H,3,9-12H2,1-2H3,(H,21,23). The molecule has 3 heterocycles. The van der Waals surface area contributed by atoms with Gasteiger partial charge in [0.05, 0.1) is 29.5 Å². The Bertz CT molecular complexity index is 920. The van der Waals surface area contributed by atoms with Crippen LogP contribution in [0.1, 0.15) is 12.6 Å². The lowest BCUT2D eigenvalue weighted by molar-refractivity contribution is 0.122. The summed E-state index contributed by atoms with van der Waals surface area (Å²) in [4.78, 5) is 17.2. The average molecular weight is 380 g/mol. The summed E-state index contributed by atoms with van der Waals surface area (Å²) < 4.78 is 5.45. The van der Waals surface area contributed by atoms with Crippen molar-refractivity contribution in [3.05, 3.63) is 42.2 Å². The van der Waals surface area contributed by atoms with Gasteiger partial charge in [-0.15, -0.1) is 0 Å². The zero-order valence-electron chi connectivity index (χ0n) is 15.5. The highest BCUT2D eigenvalue weighted by Gasteiger charge is 2.15. The van der Waals surface area contributed by atoms with Crippen LogP contribution in [-0.4, -0.2) is 47.8 Å². The molecule has 1 aliphatic rings. The number of hydrogen-bond acceptors (Lipinski definition) is 7. The first-order chi connectivity index (χ1) is 13.2. The van der Waals surface area contributed by atoms with Gasteiger partial charge in [0.25, 0.3) is 0 Å². The van der Waals surface area contributed by atoms with Gasteiger partial charge in [-0.1, -0.05) is 17.4 Å². The zero-order chi connectivity index (χ0) is 18.6. The maximum absolute atomic E-state index is 5.45. The molecular formula is C20H22N5OS. The van der Waals surface area contributed by atoms with Gasteiger partial charge in [0.1, 0.15) is 0 Å². The molecule has 0 bridgehead atoms. The second-order valence-electron chi connectivity index (χ2n) is 6.29. The van der Waals surface area contributed by atoms with Crippen LogP contribution in [0, 0.1) is 13.0 Å². The lowest BCUT2D eigenvalue weighted by Gasteiger charge is -2.29. The first kappa shape index (κ1) is 17.9. The molecule has 1 aromatic carbocycles. The number of nitrogens with one attached hydrogen (secondary N) is 1. The monoisotopic (exact) mass is 380 g/mol. The minimum Gasteiger partial charge on any atom is -0.378 e. The zero-order valence-corrected chi connectivity index (χ0v) is 16.3. The molecule has 27 heavy (non-hydrogen) atoms. The smallest absolute Gasteiger partial charge is 0.183 e. The van der Waals surface area contributed by atoms with E-state index in [1.165, 1.54) is 0 Å². The number of nitrogens with zero attached hydrogens (tertiary/aromatic N) is 4. The summed E-state index contributed by atoms with van der Waals surface area (Å²) in [7, 11) is 0. The molecule has 0 aliphatic carbocycles. The Kier molecular flexibility index (Phi) is 5.31. The molecule has 139 valence electrons. The summed E-state index contributed by atoms with van der Waals surface area (Å²) in [6, 6.07) is 11.3. The van der Waals surface area contributed by atoms with Crippen LogP contribution in [0.5, 0.6) is 0 Å². The maximum atomic E-state index is 5.45. The third kappa shape index (κ3) is 3.94. The van der Waals surface area contributed by atoms with Crippen LogP contribution in [0.25, 0.3) is 22.0 Å². The van der Waals surface area contributed by atoms with Gasteiger partial charge in [0, 0.05) is 37.1 Å². The van der Waals surface area contributed by atoms with Crippen LogP contribution in [-0.2, 0) is 4.74 Å². The van der Waals surface area contributed by atoms with E-state index < -0.39 is 0 Å². The van der Waals surface area contributed by atoms with Gasteiger partial charge in [-0.25, -0.2) is 15.0 Å². The Morgan fingerprint density at radius 1 is 1.26 bits per heavy atom. The number of thiazole rings is 1. The quantitative estimate of drug-likeness (QED) is 0.729. The molecule has 0 amide bonds. The second-order valence-corrected chi connectivity index (χ2v) is 7.29. The molecule has 2 aromatic heterocycles. The van der Waals surface area contributed by atoms with E-state index in [4.69, 9.17) is 9.72 Å². The average Bonchev–Trinajstić information content (AvgIpc) is 3.09. The summed E-state index contributed by atoms with van der Waals surface area (Å²) in [5.74, 6) is 0.681. The number of aromatic nitrogens is 3. The van der Waals surface area contributed by atoms with Crippen molar-refractivity contribution in [3.8, 4) is 22.0 Å². The van der Waals surface area contributed by atoms with Crippen molar-refractivity contribution in [3.63, 3.8) is 0 Å². The molecule has 1 saturated heterocycles. The molecule has 3 aromatic rings. The van der Waals surface area contributed by atoms with Crippen molar-refractivity contribution in [2.45, 2.75) is 13.8 Å². The number of benzene rings is 1. The summed E-state index contributed by atoms with van der Waals surface area (Å²) in [5.41, 5.74) is 3.93. The largest absolute Gasteiger partial charge is 0.378 e. The van der Waals surface area contributed by atoms with Crippen LogP contribution < -0.4 is 10.2 Å². The summed E-state index contributed by atoms with van der Waals surface area (Å²) in [6.07, 6.45) is 1.80.